The third-order valence-electron chi connectivity index (χ3n) is 3.57. The summed E-state index contributed by atoms with van der Waals surface area (Å²) >= 11 is 0. The Labute approximate surface area is 130 Å². The molecule has 2 aliphatic rings. The van der Waals surface area contributed by atoms with E-state index in [-0.39, 0.29) is 11.5 Å². The Bertz CT molecular complexity index is 823. The van der Waals surface area contributed by atoms with Crippen molar-refractivity contribution >= 4 is 11.4 Å². The molecule has 1 aliphatic heterocycles. The van der Waals surface area contributed by atoms with E-state index in [0.717, 1.165) is 6.08 Å². The van der Waals surface area contributed by atoms with Gasteiger partial charge in [0.2, 0.25) is 17.3 Å². The maximum Gasteiger partial charge on any atom is 0.274 e. The predicted octanol–water partition coefficient (Wildman–Crippen LogP) is 2.36. The van der Waals surface area contributed by atoms with Crippen LogP contribution in [0.25, 0.3) is 5.57 Å². The molecule has 1 heterocycles. The summed E-state index contributed by atoms with van der Waals surface area (Å²) in [6, 6.07) is 2.72. The minimum Gasteiger partial charge on any atom is -0.504 e. The highest BCUT2D eigenvalue weighted by Crippen LogP contribution is 2.50. The van der Waals surface area contributed by atoms with Gasteiger partial charge < -0.3 is 30.3 Å². The molecule has 3 rings (SSSR count). The fourth-order valence-corrected chi connectivity index (χ4v) is 2.50. The van der Waals surface area contributed by atoms with E-state index in [1.165, 1.54) is 30.4 Å². The smallest absolute Gasteiger partial charge is 0.274 e. The van der Waals surface area contributed by atoms with Gasteiger partial charge >= 0.3 is 0 Å². The van der Waals surface area contributed by atoms with Crippen LogP contribution in [0.3, 0.4) is 0 Å². The Morgan fingerprint density at radius 2 is 1.91 bits per heavy atom. The zero-order chi connectivity index (χ0) is 16.7. The van der Waals surface area contributed by atoms with Crippen LogP contribution < -0.4 is 4.74 Å². The third-order valence-corrected chi connectivity index (χ3v) is 3.57. The quantitative estimate of drug-likeness (QED) is 0.397. The van der Waals surface area contributed by atoms with Crippen molar-refractivity contribution in [1.29, 1.82) is 0 Å². The second-order valence-electron chi connectivity index (χ2n) is 4.97. The summed E-state index contributed by atoms with van der Waals surface area (Å²) in [5.41, 5.74) is 0.811. The summed E-state index contributed by atoms with van der Waals surface area (Å²) < 4.78 is 5.43. The molecule has 1 unspecified atom stereocenters. The monoisotopic (exact) mass is 316 g/mol. The van der Waals surface area contributed by atoms with Crippen molar-refractivity contribution in [1.82, 2.24) is 0 Å². The van der Waals surface area contributed by atoms with Crippen LogP contribution in [-0.2, 0) is 4.79 Å². The Morgan fingerprint density at radius 1 is 1.17 bits per heavy atom. The average molecular weight is 316 g/mol. The number of allylic oxidation sites excluding steroid dienone is 4. The van der Waals surface area contributed by atoms with Crippen LogP contribution in [0.5, 0.6) is 17.2 Å². The van der Waals surface area contributed by atoms with E-state index in [0.29, 0.717) is 11.1 Å². The van der Waals surface area contributed by atoms with Crippen molar-refractivity contribution in [2.24, 2.45) is 5.92 Å². The first-order chi connectivity index (χ1) is 10.9. The number of benzene rings is 1. The number of hydrogen-bond donors (Lipinski definition) is 5. The summed E-state index contributed by atoms with van der Waals surface area (Å²) in [4.78, 5) is 11.6. The molecule has 0 saturated carbocycles. The predicted molar refractivity (Wildman–Crippen MR) is 79.0 cm³/mol. The number of phenols is 2. The lowest BCUT2D eigenvalue weighted by atomic mass is 9.84. The highest BCUT2D eigenvalue weighted by atomic mass is 16.5. The standard InChI is InChI=1S/C16H12O7/c17-10-4-1-8-7(3-6-12(19)20)9-2-5-11(18)14(22)16(9)23-15(8)13(10)21/h1-6,8,18-22H. The number of phenolic OH excluding ortho intramolecular Hbond substituents is 2. The maximum atomic E-state index is 11.6. The Morgan fingerprint density at radius 3 is 2.61 bits per heavy atom. The van der Waals surface area contributed by atoms with Gasteiger partial charge in [-0.15, -0.1) is 0 Å². The molecule has 1 atom stereocenters. The van der Waals surface area contributed by atoms with E-state index < -0.39 is 34.9 Å². The second-order valence-corrected chi connectivity index (χ2v) is 4.97. The van der Waals surface area contributed by atoms with Crippen LogP contribution in [0, 0.1) is 5.92 Å². The van der Waals surface area contributed by atoms with Gasteiger partial charge in [-0.3, -0.25) is 4.79 Å². The number of carbonyl (C=O) groups excluding carboxylic acids is 1. The Hall–Kier alpha value is -3.35. The summed E-state index contributed by atoms with van der Waals surface area (Å²) in [6.07, 6.45) is 5.02. The molecule has 0 saturated heterocycles. The van der Waals surface area contributed by atoms with Crippen LogP contribution in [0.4, 0.5) is 0 Å². The second kappa shape index (κ2) is 5.13. The van der Waals surface area contributed by atoms with Crippen molar-refractivity contribution in [3.05, 3.63) is 59.5 Å². The van der Waals surface area contributed by atoms with Gasteiger partial charge in [0.1, 0.15) is 0 Å². The Kier molecular flexibility index (Phi) is 3.25. The van der Waals surface area contributed by atoms with Gasteiger partial charge in [-0.2, -0.15) is 0 Å². The van der Waals surface area contributed by atoms with E-state index in [2.05, 4.69) is 0 Å². The SMILES string of the molecule is O=C1C=CC2C(=CC=C(O)O)c3ccc(O)c(O)c3OC2=C1O. The van der Waals surface area contributed by atoms with Crippen LogP contribution in [0.1, 0.15) is 5.56 Å². The molecule has 0 radical (unpaired) electrons. The van der Waals surface area contributed by atoms with Crippen molar-refractivity contribution in [3.63, 3.8) is 0 Å². The van der Waals surface area contributed by atoms with Crippen LogP contribution in [0.15, 0.2) is 53.9 Å². The van der Waals surface area contributed by atoms with Crippen LogP contribution in [0.2, 0.25) is 0 Å². The van der Waals surface area contributed by atoms with Crippen molar-refractivity contribution < 1.29 is 35.1 Å². The molecule has 0 aromatic heterocycles. The molecule has 5 N–H and O–H groups in total. The normalized spacial score (nSPS) is 20.8. The highest BCUT2D eigenvalue weighted by molar-refractivity contribution is 6.04. The molecular formula is C16H12O7. The summed E-state index contributed by atoms with van der Waals surface area (Å²) in [6.45, 7) is 0. The van der Waals surface area contributed by atoms with Crippen molar-refractivity contribution in [3.8, 4) is 17.2 Å². The largest absolute Gasteiger partial charge is 0.504 e. The van der Waals surface area contributed by atoms with Crippen LogP contribution in [-0.4, -0.2) is 31.3 Å². The summed E-state index contributed by atoms with van der Waals surface area (Å²) in [7, 11) is 0. The minimum atomic E-state index is -0.931. The molecule has 1 aliphatic carbocycles. The van der Waals surface area contributed by atoms with Crippen LogP contribution >= 0.6 is 0 Å². The molecule has 1 aromatic rings. The fourth-order valence-electron chi connectivity index (χ4n) is 2.50. The van der Waals surface area contributed by atoms with Gasteiger partial charge in [0.15, 0.2) is 17.3 Å². The Balaban J connectivity index is 2.28. The maximum absolute atomic E-state index is 11.6. The van der Waals surface area contributed by atoms with Gasteiger partial charge in [-0.25, -0.2) is 0 Å². The summed E-state index contributed by atoms with van der Waals surface area (Å²) in [5, 5.41) is 47.3. The minimum absolute atomic E-state index is 0.108. The van der Waals surface area contributed by atoms with Crippen molar-refractivity contribution in [2.45, 2.75) is 0 Å². The molecule has 1 aromatic carbocycles. The van der Waals surface area contributed by atoms with Gasteiger partial charge in [-0.1, -0.05) is 12.2 Å². The fraction of sp³-hybridized carbons (Fsp3) is 0.0625. The molecule has 0 spiro atoms. The zero-order valence-electron chi connectivity index (χ0n) is 11.6. The molecule has 0 bridgehead atoms. The van der Waals surface area contributed by atoms with E-state index in [4.69, 9.17) is 14.9 Å². The summed E-state index contributed by atoms with van der Waals surface area (Å²) in [5.74, 6) is -4.08. The zero-order valence-corrected chi connectivity index (χ0v) is 11.6. The van der Waals surface area contributed by atoms with Crippen molar-refractivity contribution in [2.75, 3.05) is 0 Å². The van der Waals surface area contributed by atoms with E-state index in [9.17, 15) is 20.1 Å². The van der Waals surface area contributed by atoms with Gasteiger partial charge in [0, 0.05) is 11.6 Å². The number of ketones is 1. The molecule has 118 valence electrons. The average Bonchev–Trinajstić information content (AvgIpc) is 2.51. The number of carbonyl (C=O) groups is 1. The number of aliphatic hydroxyl groups excluding tert-OH is 2. The highest BCUT2D eigenvalue weighted by Gasteiger charge is 2.36. The van der Waals surface area contributed by atoms with Gasteiger partial charge in [-0.05, 0) is 23.8 Å². The number of fused-ring (bicyclic) bond motifs is 2. The van der Waals surface area contributed by atoms with Gasteiger partial charge in [0.25, 0.3) is 5.95 Å². The van der Waals surface area contributed by atoms with E-state index in [1.54, 1.807) is 0 Å². The molecular weight excluding hydrogens is 304 g/mol. The first kappa shape index (κ1) is 14.6. The number of hydrogen-bond acceptors (Lipinski definition) is 7. The number of rotatable bonds is 1. The first-order valence-corrected chi connectivity index (χ1v) is 6.58. The number of aromatic hydroxyl groups is 2. The third kappa shape index (κ3) is 2.28. The first-order valence-electron chi connectivity index (χ1n) is 6.58. The van der Waals surface area contributed by atoms with E-state index >= 15 is 0 Å². The number of aliphatic hydroxyl groups is 3. The molecule has 7 heteroatoms. The lowest BCUT2D eigenvalue weighted by Crippen LogP contribution is -2.24. The lowest BCUT2D eigenvalue weighted by Gasteiger charge is -2.30. The molecule has 7 nitrogen and oxygen atoms in total. The van der Waals surface area contributed by atoms with E-state index in [1.807, 2.05) is 0 Å². The lowest BCUT2D eigenvalue weighted by molar-refractivity contribution is -0.114. The van der Waals surface area contributed by atoms with Gasteiger partial charge in [0.05, 0.1) is 5.92 Å². The molecule has 0 fully saturated rings. The topological polar surface area (TPSA) is 127 Å². The molecule has 0 amide bonds. The number of ether oxygens (including phenoxy) is 1. The molecule has 23 heavy (non-hydrogen) atoms.